The van der Waals surface area contributed by atoms with E-state index in [1.807, 2.05) is 43.3 Å². The van der Waals surface area contributed by atoms with Crippen LogP contribution < -0.4 is 0 Å². The van der Waals surface area contributed by atoms with Crippen molar-refractivity contribution >= 4 is 0 Å². The van der Waals surface area contributed by atoms with Crippen molar-refractivity contribution in [2.75, 3.05) is 0 Å². The predicted molar refractivity (Wildman–Crippen MR) is 85.2 cm³/mol. The van der Waals surface area contributed by atoms with Crippen molar-refractivity contribution in [3.8, 4) is 23.7 Å². The lowest BCUT2D eigenvalue weighted by Crippen LogP contribution is -2.18. The lowest BCUT2D eigenvalue weighted by atomic mass is 9.80. The van der Waals surface area contributed by atoms with Crippen molar-refractivity contribution < 1.29 is 0 Å². The first kappa shape index (κ1) is 14.0. The van der Waals surface area contributed by atoms with Crippen LogP contribution in [0.25, 0.3) is 0 Å². The van der Waals surface area contributed by atoms with Gasteiger partial charge in [-0.2, -0.15) is 0 Å². The van der Waals surface area contributed by atoms with E-state index in [1.165, 1.54) is 5.56 Å². The molecule has 0 aliphatic heterocycles. The zero-order valence-corrected chi connectivity index (χ0v) is 12.0. The number of benzene rings is 2. The predicted octanol–water partition coefficient (Wildman–Crippen LogP) is 4.41. The molecule has 0 nitrogen and oxygen atoms in total. The molecular formula is C20H18. The quantitative estimate of drug-likeness (QED) is 0.700. The number of rotatable bonds is 2. The molecular weight excluding hydrogens is 240 g/mol. The molecule has 0 heterocycles. The van der Waals surface area contributed by atoms with Crippen molar-refractivity contribution in [1.82, 2.24) is 0 Å². The Labute approximate surface area is 121 Å². The maximum Gasteiger partial charge on any atom is 0.0647 e. The van der Waals surface area contributed by atoms with Crippen LogP contribution >= 0.6 is 0 Å². The van der Waals surface area contributed by atoms with E-state index in [1.54, 1.807) is 0 Å². The van der Waals surface area contributed by atoms with Crippen molar-refractivity contribution in [2.45, 2.75) is 25.7 Å². The van der Waals surface area contributed by atoms with Crippen LogP contribution in [0, 0.1) is 23.7 Å². The molecule has 1 atom stereocenters. The van der Waals surface area contributed by atoms with Gasteiger partial charge in [0.2, 0.25) is 0 Å². The summed E-state index contributed by atoms with van der Waals surface area (Å²) in [4.78, 5) is 0. The standard InChI is InChI=1S/C20H18/c1-3-4-16-20(2,19-13-9-6-10-14-19)17-15-18-11-7-5-8-12-18/h5-14H,16H2,1-2H3/t20-/m0/s1. The van der Waals surface area contributed by atoms with Crippen LogP contribution in [-0.2, 0) is 5.41 Å². The first-order valence-electron chi connectivity index (χ1n) is 6.78. The van der Waals surface area contributed by atoms with Crippen LogP contribution in [-0.4, -0.2) is 0 Å². The van der Waals surface area contributed by atoms with Gasteiger partial charge in [-0.15, -0.1) is 11.8 Å². The second-order valence-electron chi connectivity index (χ2n) is 4.92. The van der Waals surface area contributed by atoms with Crippen molar-refractivity contribution in [3.63, 3.8) is 0 Å². The van der Waals surface area contributed by atoms with Crippen molar-refractivity contribution in [3.05, 3.63) is 71.8 Å². The normalized spacial score (nSPS) is 12.3. The molecule has 0 bridgehead atoms. The molecule has 0 saturated heterocycles. The van der Waals surface area contributed by atoms with Gasteiger partial charge in [-0.1, -0.05) is 60.4 Å². The molecule has 0 unspecified atom stereocenters. The number of hydrogen-bond donors (Lipinski definition) is 0. The maximum atomic E-state index is 3.41. The molecule has 20 heavy (non-hydrogen) atoms. The minimum atomic E-state index is -0.236. The Morgan fingerprint density at radius 3 is 2.10 bits per heavy atom. The zero-order chi connectivity index (χ0) is 14.3. The fourth-order valence-corrected chi connectivity index (χ4v) is 2.02. The van der Waals surface area contributed by atoms with Gasteiger partial charge < -0.3 is 0 Å². The Bertz CT molecular complexity index is 660. The van der Waals surface area contributed by atoms with Gasteiger partial charge in [0.1, 0.15) is 0 Å². The third-order valence-electron chi connectivity index (χ3n) is 3.29. The van der Waals surface area contributed by atoms with Gasteiger partial charge in [0, 0.05) is 12.0 Å². The molecule has 0 aliphatic carbocycles. The van der Waals surface area contributed by atoms with E-state index in [2.05, 4.69) is 54.9 Å². The summed E-state index contributed by atoms with van der Waals surface area (Å²) in [5, 5.41) is 0. The second kappa shape index (κ2) is 6.65. The van der Waals surface area contributed by atoms with Crippen molar-refractivity contribution in [2.24, 2.45) is 0 Å². The maximum absolute atomic E-state index is 3.41. The number of hydrogen-bond acceptors (Lipinski definition) is 0. The van der Waals surface area contributed by atoms with Crippen LogP contribution in [0.15, 0.2) is 60.7 Å². The summed E-state index contributed by atoms with van der Waals surface area (Å²) in [6, 6.07) is 20.5. The molecule has 2 aromatic rings. The lowest BCUT2D eigenvalue weighted by Gasteiger charge is -2.21. The summed E-state index contributed by atoms with van der Waals surface area (Å²) in [6.07, 6.45) is 0.743. The van der Waals surface area contributed by atoms with Gasteiger partial charge in [0.05, 0.1) is 5.41 Å². The highest BCUT2D eigenvalue weighted by molar-refractivity contribution is 5.42. The van der Waals surface area contributed by atoms with E-state index < -0.39 is 0 Å². The molecule has 0 amide bonds. The highest BCUT2D eigenvalue weighted by atomic mass is 14.2. The molecule has 0 radical (unpaired) electrons. The van der Waals surface area contributed by atoms with E-state index >= 15 is 0 Å². The molecule has 0 N–H and O–H groups in total. The van der Waals surface area contributed by atoms with E-state index in [4.69, 9.17) is 0 Å². The van der Waals surface area contributed by atoms with Gasteiger partial charge in [-0.3, -0.25) is 0 Å². The lowest BCUT2D eigenvalue weighted by molar-refractivity contribution is 0.641. The average Bonchev–Trinajstić information content (AvgIpc) is 2.53. The molecule has 0 fully saturated rings. The largest absolute Gasteiger partial charge is 0.107 e. The SMILES string of the molecule is CC#CC[C@@](C)(C#Cc1ccccc1)c1ccccc1. The van der Waals surface area contributed by atoms with E-state index in [0.29, 0.717) is 0 Å². The topological polar surface area (TPSA) is 0 Å². The Balaban J connectivity index is 2.38. The fraction of sp³-hybridized carbons (Fsp3) is 0.200. The minimum Gasteiger partial charge on any atom is -0.107 e. The third kappa shape index (κ3) is 3.53. The van der Waals surface area contributed by atoms with Gasteiger partial charge >= 0.3 is 0 Å². The summed E-state index contributed by atoms with van der Waals surface area (Å²) in [6.45, 7) is 4.03. The summed E-state index contributed by atoms with van der Waals surface area (Å²) in [7, 11) is 0. The highest BCUT2D eigenvalue weighted by Gasteiger charge is 2.22. The molecule has 0 saturated carbocycles. The summed E-state index contributed by atoms with van der Waals surface area (Å²) >= 11 is 0. The molecule has 0 spiro atoms. The monoisotopic (exact) mass is 258 g/mol. The Morgan fingerprint density at radius 1 is 0.900 bits per heavy atom. The van der Waals surface area contributed by atoms with E-state index in [-0.39, 0.29) is 5.41 Å². The van der Waals surface area contributed by atoms with Crippen LogP contribution in [0.3, 0.4) is 0 Å². The smallest absolute Gasteiger partial charge is 0.0647 e. The third-order valence-corrected chi connectivity index (χ3v) is 3.29. The summed E-state index contributed by atoms with van der Waals surface area (Å²) in [5.41, 5.74) is 2.02. The highest BCUT2D eigenvalue weighted by Crippen LogP contribution is 2.26. The molecule has 0 heteroatoms. The van der Waals surface area contributed by atoms with E-state index in [0.717, 1.165) is 12.0 Å². The second-order valence-corrected chi connectivity index (χ2v) is 4.92. The molecule has 2 aromatic carbocycles. The van der Waals surface area contributed by atoms with Crippen LogP contribution in [0.1, 0.15) is 31.4 Å². The van der Waals surface area contributed by atoms with Crippen molar-refractivity contribution in [1.29, 1.82) is 0 Å². The minimum absolute atomic E-state index is 0.236. The average molecular weight is 258 g/mol. The molecule has 98 valence electrons. The summed E-state index contributed by atoms with van der Waals surface area (Å²) < 4.78 is 0. The first-order chi connectivity index (χ1) is 9.74. The molecule has 0 aliphatic rings. The summed E-state index contributed by atoms with van der Waals surface area (Å²) in [5.74, 6) is 12.8. The zero-order valence-electron chi connectivity index (χ0n) is 12.0. The van der Waals surface area contributed by atoms with Crippen LogP contribution in [0.4, 0.5) is 0 Å². The first-order valence-corrected chi connectivity index (χ1v) is 6.78. The van der Waals surface area contributed by atoms with Gasteiger partial charge in [-0.05, 0) is 31.5 Å². The Hall–Kier alpha value is -2.44. The Kier molecular flexibility index (Phi) is 4.65. The van der Waals surface area contributed by atoms with Crippen LogP contribution in [0.5, 0.6) is 0 Å². The fourth-order valence-electron chi connectivity index (χ4n) is 2.02. The van der Waals surface area contributed by atoms with Gasteiger partial charge in [-0.25, -0.2) is 0 Å². The molecule has 0 aromatic heterocycles. The van der Waals surface area contributed by atoms with Gasteiger partial charge in [0.15, 0.2) is 0 Å². The van der Waals surface area contributed by atoms with Gasteiger partial charge in [0.25, 0.3) is 0 Å². The van der Waals surface area contributed by atoms with Crippen LogP contribution in [0.2, 0.25) is 0 Å². The van der Waals surface area contributed by atoms with E-state index in [9.17, 15) is 0 Å². The Morgan fingerprint density at radius 2 is 1.50 bits per heavy atom. The molecule has 2 rings (SSSR count).